The molecule has 1 unspecified atom stereocenters. The minimum atomic E-state index is -4.31. The zero-order chi connectivity index (χ0) is 13.1. The fourth-order valence-corrected chi connectivity index (χ4v) is 1.92. The summed E-state index contributed by atoms with van der Waals surface area (Å²) in [6.07, 6.45) is -2.13. The normalized spacial score (nSPS) is 13.8. The molecule has 1 aromatic carbocycles. The van der Waals surface area contributed by atoms with Gasteiger partial charge in [-0.25, -0.2) is 0 Å². The van der Waals surface area contributed by atoms with Gasteiger partial charge < -0.3 is 5.73 Å². The van der Waals surface area contributed by atoms with Gasteiger partial charge >= 0.3 is 6.18 Å². The lowest BCUT2D eigenvalue weighted by molar-refractivity contribution is -0.137. The van der Waals surface area contributed by atoms with Crippen LogP contribution in [0.5, 0.6) is 0 Å². The van der Waals surface area contributed by atoms with Gasteiger partial charge in [-0.2, -0.15) is 13.2 Å². The van der Waals surface area contributed by atoms with E-state index in [1.54, 1.807) is 6.07 Å². The summed E-state index contributed by atoms with van der Waals surface area (Å²) in [7, 11) is 0. The third-order valence-electron chi connectivity index (χ3n) is 2.43. The molecular weight excluding hydrogens is 247 g/mol. The number of hydrogen-bond acceptors (Lipinski definition) is 2. The van der Waals surface area contributed by atoms with E-state index in [1.165, 1.54) is 6.07 Å². The van der Waals surface area contributed by atoms with E-state index in [9.17, 15) is 13.2 Å². The molecule has 0 fully saturated rings. The number of rotatable bonds is 4. The van der Waals surface area contributed by atoms with Gasteiger partial charge in [0.25, 0.3) is 0 Å². The predicted octanol–water partition coefficient (Wildman–Crippen LogP) is 3.66. The molecule has 0 saturated carbocycles. The largest absolute Gasteiger partial charge is 0.416 e. The lowest BCUT2D eigenvalue weighted by Crippen LogP contribution is -2.14. The second-order valence-electron chi connectivity index (χ2n) is 4.26. The van der Waals surface area contributed by atoms with E-state index in [2.05, 4.69) is 12.6 Å². The Kier molecular flexibility index (Phi) is 4.89. The highest BCUT2D eigenvalue weighted by Gasteiger charge is 2.30. The first kappa shape index (κ1) is 14.4. The van der Waals surface area contributed by atoms with Crippen molar-refractivity contribution in [2.45, 2.75) is 43.3 Å². The molecule has 5 heteroatoms. The van der Waals surface area contributed by atoms with Crippen LogP contribution in [0, 0.1) is 0 Å². The average molecular weight is 263 g/mol. The van der Waals surface area contributed by atoms with Gasteiger partial charge in [0.15, 0.2) is 0 Å². The molecule has 17 heavy (non-hydrogen) atoms. The van der Waals surface area contributed by atoms with Crippen molar-refractivity contribution in [1.82, 2.24) is 0 Å². The van der Waals surface area contributed by atoms with Crippen LogP contribution in [0.3, 0.4) is 0 Å². The van der Waals surface area contributed by atoms with Crippen LogP contribution in [0.2, 0.25) is 0 Å². The summed E-state index contributed by atoms with van der Waals surface area (Å²) in [6, 6.07) is 3.97. The van der Waals surface area contributed by atoms with Crippen LogP contribution < -0.4 is 5.73 Å². The van der Waals surface area contributed by atoms with E-state index in [4.69, 9.17) is 5.73 Å². The molecule has 0 bridgehead atoms. The number of hydrogen-bond donors (Lipinski definition) is 2. The first-order chi connectivity index (χ1) is 7.79. The molecule has 0 heterocycles. The fraction of sp³-hybridized carbons (Fsp3) is 0.500. The van der Waals surface area contributed by atoms with Gasteiger partial charge in [-0.05, 0) is 49.9 Å². The molecule has 0 spiro atoms. The van der Waals surface area contributed by atoms with Gasteiger partial charge in [0.1, 0.15) is 0 Å². The summed E-state index contributed by atoms with van der Waals surface area (Å²) >= 11 is 3.99. The van der Waals surface area contributed by atoms with E-state index >= 15 is 0 Å². The van der Waals surface area contributed by atoms with E-state index < -0.39 is 11.7 Å². The molecule has 1 aromatic rings. The Morgan fingerprint density at radius 3 is 2.47 bits per heavy atom. The number of thiol groups is 1. The Labute approximate surface area is 105 Å². The summed E-state index contributed by atoms with van der Waals surface area (Å²) in [5, 5.41) is 0. The lowest BCUT2D eigenvalue weighted by Gasteiger charge is -2.11. The highest BCUT2D eigenvalue weighted by Crippen LogP contribution is 2.31. The van der Waals surface area contributed by atoms with E-state index in [0.717, 1.165) is 18.9 Å². The van der Waals surface area contributed by atoms with Crippen molar-refractivity contribution >= 4 is 12.6 Å². The molecule has 2 N–H and O–H groups in total. The summed E-state index contributed by atoms with van der Waals surface area (Å²) in [5.74, 6) is 0. The predicted molar refractivity (Wildman–Crippen MR) is 65.3 cm³/mol. The monoisotopic (exact) mass is 263 g/mol. The van der Waals surface area contributed by atoms with E-state index in [-0.39, 0.29) is 6.04 Å². The minimum Gasteiger partial charge on any atom is -0.328 e. The Hall–Kier alpha value is -0.680. The van der Waals surface area contributed by atoms with Gasteiger partial charge in [0, 0.05) is 10.9 Å². The number of aryl methyl sites for hydroxylation is 1. The molecular formula is C12H16F3NS. The lowest BCUT2D eigenvalue weighted by atomic mass is 10.0. The molecule has 0 aliphatic heterocycles. The molecule has 96 valence electrons. The highest BCUT2D eigenvalue weighted by molar-refractivity contribution is 7.80. The van der Waals surface area contributed by atoms with Crippen LogP contribution in [-0.4, -0.2) is 6.04 Å². The fourth-order valence-electron chi connectivity index (χ4n) is 1.61. The van der Waals surface area contributed by atoms with Crippen LogP contribution >= 0.6 is 12.6 Å². The number of alkyl halides is 3. The van der Waals surface area contributed by atoms with Crippen molar-refractivity contribution in [1.29, 1.82) is 0 Å². The molecule has 0 amide bonds. The zero-order valence-electron chi connectivity index (χ0n) is 9.59. The van der Waals surface area contributed by atoms with Gasteiger partial charge in [0.2, 0.25) is 0 Å². The molecule has 0 radical (unpaired) electrons. The second-order valence-corrected chi connectivity index (χ2v) is 4.77. The second kappa shape index (κ2) is 5.78. The summed E-state index contributed by atoms with van der Waals surface area (Å²) in [6.45, 7) is 1.89. The van der Waals surface area contributed by atoms with Crippen LogP contribution in [0.1, 0.15) is 30.9 Å². The van der Waals surface area contributed by atoms with Gasteiger partial charge in [0.05, 0.1) is 5.56 Å². The molecule has 0 aliphatic carbocycles. The SMILES string of the molecule is CC(N)CCCc1cc(S)cc(C(F)(F)F)c1. The van der Waals surface area contributed by atoms with Crippen LogP contribution in [0.25, 0.3) is 0 Å². The van der Waals surface area contributed by atoms with E-state index in [1.807, 2.05) is 6.92 Å². The first-order valence-corrected chi connectivity index (χ1v) is 5.89. The smallest absolute Gasteiger partial charge is 0.328 e. The van der Waals surface area contributed by atoms with Gasteiger partial charge in [-0.3, -0.25) is 0 Å². The number of nitrogens with two attached hydrogens (primary N) is 1. The zero-order valence-corrected chi connectivity index (χ0v) is 10.5. The highest BCUT2D eigenvalue weighted by atomic mass is 32.1. The average Bonchev–Trinajstić information content (AvgIpc) is 2.14. The number of halogens is 3. The summed E-state index contributed by atoms with van der Waals surface area (Å²) in [4.78, 5) is 0.343. The maximum Gasteiger partial charge on any atom is 0.416 e. The van der Waals surface area contributed by atoms with Crippen molar-refractivity contribution in [3.63, 3.8) is 0 Å². The van der Waals surface area contributed by atoms with Crippen molar-refractivity contribution in [2.24, 2.45) is 5.73 Å². The van der Waals surface area contributed by atoms with Crippen molar-refractivity contribution in [3.8, 4) is 0 Å². The Bertz CT molecular complexity index is 375. The van der Waals surface area contributed by atoms with E-state index in [0.29, 0.717) is 16.9 Å². The molecule has 0 saturated heterocycles. The van der Waals surface area contributed by atoms with Crippen molar-refractivity contribution in [3.05, 3.63) is 29.3 Å². The van der Waals surface area contributed by atoms with Crippen LogP contribution in [0.4, 0.5) is 13.2 Å². The first-order valence-electron chi connectivity index (χ1n) is 5.45. The topological polar surface area (TPSA) is 26.0 Å². The molecule has 1 atom stereocenters. The maximum atomic E-state index is 12.5. The van der Waals surface area contributed by atoms with Crippen molar-refractivity contribution in [2.75, 3.05) is 0 Å². The molecule has 0 aliphatic rings. The van der Waals surface area contributed by atoms with Gasteiger partial charge in [-0.1, -0.05) is 0 Å². The van der Waals surface area contributed by atoms with Gasteiger partial charge in [-0.15, -0.1) is 12.6 Å². The number of benzene rings is 1. The third-order valence-corrected chi connectivity index (χ3v) is 2.69. The molecule has 0 aromatic heterocycles. The quantitative estimate of drug-likeness (QED) is 0.796. The molecule has 1 rings (SSSR count). The van der Waals surface area contributed by atoms with Crippen LogP contribution in [0.15, 0.2) is 23.1 Å². The summed E-state index contributed by atoms with van der Waals surface area (Å²) < 4.78 is 37.6. The Morgan fingerprint density at radius 2 is 1.94 bits per heavy atom. The Morgan fingerprint density at radius 1 is 1.29 bits per heavy atom. The Balaban J connectivity index is 2.76. The third kappa shape index (κ3) is 5.00. The van der Waals surface area contributed by atoms with Crippen molar-refractivity contribution < 1.29 is 13.2 Å². The molecule has 1 nitrogen and oxygen atoms in total. The van der Waals surface area contributed by atoms with Crippen LogP contribution in [-0.2, 0) is 12.6 Å². The minimum absolute atomic E-state index is 0.0799. The maximum absolute atomic E-state index is 12.5. The summed E-state index contributed by atoms with van der Waals surface area (Å²) in [5.41, 5.74) is 5.61. The standard InChI is InChI=1S/C12H16F3NS/c1-8(16)3-2-4-9-5-10(12(13,14)15)7-11(17)6-9/h5-8,17H,2-4,16H2,1H3.